The van der Waals surface area contributed by atoms with E-state index in [9.17, 15) is 4.79 Å². The molecule has 2 aromatic carbocycles. The lowest BCUT2D eigenvalue weighted by Gasteiger charge is -2.12. The molecule has 1 heterocycles. The standard InChI is InChI=1S/C21H22N2O2/c1-3-15-10-11-19-17(12-15)20(18(14-22-19)21(24)25-4-2)23-13-16-8-6-5-7-9-16/h5-12,14H,3-4,13H2,1-2H3,(H,22,23)/p+1. The zero-order valence-electron chi connectivity index (χ0n) is 14.6. The van der Waals surface area contributed by atoms with Crippen molar-refractivity contribution in [1.82, 2.24) is 0 Å². The maximum Gasteiger partial charge on any atom is 0.346 e. The number of aromatic amines is 1. The summed E-state index contributed by atoms with van der Waals surface area (Å²) in [5.41, 5.74) is 4.71. The number of ether oxygens (including phenoxy) is 1. The van der Waals surface area contributed by atoms with Gasteiger partial charge in [0.05, 0.1) is 17.7 Å². The van der Waals surface area contributed by atoms with Crippen molar-refractivity contribution in [2.24, 2.45) is 0 Å². The Hall–Kier alpha value is -2.88. The number of esters is 1. The number of aryl methyl sites for hydroxylation is 1. The van der Waals surface area contributed by atoms with E-state index < -0.39 is 0 Å². The molecule has 0 bridgehead atoms. The summed E-state index contributed by atoms with van der Waals surface area (Å²) in [7, 11) is 0. The van der Waals surface area contributed by atoms with Crippen molar-refractivity contribution in [2.75, 3.05) is 11.9 Å². The van der Waals surface area contributed by atoms with Crippen LogP contribution in [0.3, 0.4) is 0 Å². The lowest BCUT2D eigenvalue weighted by atomic mass is 10.0. The predicted octanol–water partition coefficient (Wildman–Crippen LogP) is 4.01. The van der Waals surface area contributed by atoms with Gasteiger partial charge in [-0.25, -0.2) is 9.78 Å². The molecule has 0 amide bonds. The van der Waals surface area contributed by atoms with Gasteiger partial charge in [-0.15, -0.1) is 0 Å². The molecule has 0 atom stereocenters. The molecule has 0 saturated carbocycles. The van der Waals surface area contributed by atoms with Gasteiger partial charge in [0.2, 0.25) is 5.52 Å². The van der Waals surface area contributed by atoms with Gasteiger partial charge < -0.3 is 10.1 Å². The van der Waals surface area contributed by atoms with Crippen LogP contribution in [-0.4, -0.2) is 12.6 Å². The maximum atomic E-state index is 12.4. The number of anilines is 1. The van der Waals surface area contributed by atoms with Gasteiger partial charge in [0.1, 0.15) is 5.56 Å². The molecule has 0 radical (unpaired) electrons. The number of nitrogens with one attached hydrogen (secondary N) is 2. The summed E-state index contributed by atoms with van der Waals surface area (Å²) in [5.74, 6) is -0.321. The number of rotatable bonds is 6. The van der Waals surface area contributed by atoms with Crippen LogP contribution in [0.2, 0.25) is 0 Å². The highest BCUT2D eigenvalue weighted by molar-refractivity contribution is 6.03. The van der Waals surface area contributed by atoms with Crippen LogP contribution in [-0.2, 0) is 17.7 Å². The Morgan fingerprint density at radius 3 is 2.60 bits per heavy atom. The highest BCUT2D eigenvalue weighted by Crippen LogP contribution is 2.27. The lowest BCUT2D eigenvalue weighted by molar-refractivity contribution is -0.344. The second kappa shape index (κ2) is 7.79. The largest absolute Gasteiger partial charge is 0.462 e. The van der Waals surface area contributed by atoms with Gasteiger partial charge in [-0.3, -0.25) is 0 Å². The summed E-state index contributed by atoms with van der Waals surface area (Å²) in [6, 6.07) is 16.4. The average Bonchev–Trinajstić information content (AvgIpc) is 2.66. The van der Waals surface area contributed by atoms with Gasteiger partial charge >= 0.3 is 5.97 Å². The third-order valence-corrected chi connectivity index (χ3v) is 4.21. The molecule has 0 saturated heterocycles. The molecule has 3 rings (SSSR count). The van der Waals surface area contributed by atoms with Crippen molar-refractivity contribution in [3.8, 4) is 0 Å². The Kier molecular flexibility index (Phi) is 5.29. The Balaban J connectivity index is 2.05. The van der Waals surface area contributed by atoms with Gasteiger partial charge in [-0.1, -0.05) is 43.3 Å². The predicted molar refractivity (Wildman–Crippen MR) is 99.6 cm³/mol. The summed E-state index contributed by atoms with van der Waals surface area (Å²) in [4.78, 5) is 15.6. The van der Waals surface area contributed by atoms with E-state index in [1.807, 2.05) is 25.1 Å². The summed E-state index contributed by atoms with van der Waals surface area (Å²) in [6.45, 7) is 4.93. The minimum Gasteiger partial charge on any atom is -0.462 e. The minimum atomic E-state index is -0.321. The quantitative estimate of drug-likeness (QED) is 0.693. The molecule has 4 nitrogen and oxygen atoms in total. The van der Waals surface area contributed by atoms with E-state index in [0.717, 1.165) is 28.6 Å². The van der Waals surface area contributed by atoms with Crippen LogP contribution < -0.4 is 10.3 Å². The fourth-order valence-electron chi connectivity index (χ4n) is 2.86. The van der Waals surface area contributed by atoms with E-state index in [1.165, 1.54) is 5.56 Å². The first kappa shape index (κ1) is 17.0. The highest BCUT2D eigenvalue weighted by Gasteiger charge is 2.20. The number of H-pyrrole nitrogens is 1. The fourth-order valence-corrected chi connectivity index (χ4v) is 2.86. The molecule has 2 N–H and O–H groups in total. The SMILES string of the molecule is CCOC(=O)c1c[nH+]c2ccc(CC)cc2c1NCc1ccccc1. The van der Waals surface area contributed by atoms with Crippen molar-refractivity contribution in [3.63, 3.8) is 0 Å². The summed E-state index contributed by atoms with van der Waals surface area (Å²) < 4.78 is 5.23. The molecule has 0 aliphatic rings. The normalized spacial score (nSPS) is 10.6. The van der Waals surface area contributed by atoms with Crippen LogP contribution in [0, 0.1) is 0 Å². The molecule has 0 fully saturated rings. The molecule has 128 valence electrons. The summed E-state index contributed by atoms with van der Waals surface area (Å²) in [6.07, 6.45) is 2.66. The number of carbonyl (C=O) groups excluding carboxylic acids is 1. The first-order valence-corrected chi connectivity index (χ1v) is 8.65. The second-order valence-corrected chi connectivity index (χ2v) is 5.87. The van der Waals surface area contributed by atoms with Crippen molar-refractivity contribution in [1.29, 1.82) is 0 Å². The minimum absolute atomic E-state index is 0.321. The Bertz CT molecular complexity index is 876. The molecule has 0 aliphatic heterocycles. The summed E-state index contributed by atoms with van der Waals surface area (Å²) in [5, 5.41) is 4.44. The molecule has 25 heavy (non-hydrogen) atoms. The van der Waals surface area contributed by atoms with Crippen molar-refractivity contribution < 1.29 is 14.5 Å². The number of fused-ring (bicyclic) bond motifs is 1. The molecular weight excluding hydrogens is 312 g/mol. The first-order valence-electron chi connectivity index (χ1n) is 8.65. The number of hydrogen-bond donors (Lipinski definition) is 1. The second-order valence-electron chi connectivity index (χ2n) is 5.87. The third-order valence-electron chi connectivity index (χ3n) is 4.21. The van der Waals surface area contributed by atoms with E-state index in [1.54, 1.807) is 6.20 Å². The maximum absolute atomic E-state index is 12.4. The Morgan fingerprint density at radius 2 is 1.88 bits per heavy atom. The molecule has 0 spiro atoms. The Morgan fingerprint density at radius 1 is 1.08 bits per heavy atom. The van der Waals surface area contributed by atoms with E-state index in [0.29, 0.717) is 18.7 Å². The molecule has 4 heteroatoms. The fraction of sp³-hybridized carbons (Fsp3) is 0.238. The van der Waals surface area contributed by atoms with Crippen molar-refractivity contribution in [3.05, 3.63) is 71.4 Å². The Labute approximate surface area is 147 Å². The van der Waals surface area contributed by atoms with Crippen LogP contribution in [0.4, 0.5) is 5.69 Å². The van der Waals surface area contributed by atoms with Gasteiger partial charge in [-0.05, 0) is 30.5 Å². The van der Waals surface area contributed by atoms with Crippen LogP contribution >= 0.6 is 0 Å². The molecule has 3 aromatic rings. The topological polar surface area (TPSA) is 52.5 Å². The van der Waals surface area contributed by atoms with Crippen LogP contribution in [0.15, 0.2) is 54.7 Å². The molecule has 1 aromatic heterocycles. The van der Waals surface area contributed by atoms with E-state index in [2.05, 4.69) is 47.6 Å². The monoisotopic (exact) mass is 335 g/mol. The molecular formula is C21H23N2O2+. The van der Waals surface area contributed by atoms with E-state index >= 15 is 0 Å². The van der Waals surface area contributed by atoms with Crippen LogP contribution in [0.1, 0.15) is 35.3 Å². The van der Waals surface area contributed by atoms with E-state index in [4.69, 9.17) is 4.74 Å². The number of hydrogen-bond acceptors (Lipinski definition) is 3. The zero-order valence-corrected chi connectivity index (χ0v) is 14.6. The number of aromatic nitrogens is 1. The van der Waals surface area contributed by atoms with E-state index in [-0.39, 0.29) is 5.97 Å². The smallest absolute Gasteiger partial charge is 0.346 e. The van der Waals surface area contributed by atoms with Crippen molar-refractivity contribution >= 4 is 22.6 Å². The summed E-state index contributed by atoms with van der Waals surface area (Å²) >= 11 is 0. The van der Waals surface area contributed by atoms with Crippen LogP contribution in [0.5, 0.6) is 0 Å². The molecule has 0 unspecified atom stereocenters. The van der Waals surface area contributed by atoms with Gasteiger partial charge in [0.15, 0.2) is 6.20 Å². The lowest BCUT2D eigenvalue weighted by Crippen LogP contribution is -2.16. The zero-order chi connectivity index (χ0) is 17.6. The molecule has 0 aliphatic carbocycles. The number of pyridine rings is 1. The number of benzene rings is 2. The third kappa shape index (κ3) is 3.79. The van der Waals surface area contributed by atoms with Crippen LogP contribution in [0.25, 0.3) is 10.9 Å². The highest BCUT2D eigenvalue weighted by atomic mass is 16.5. The first-order chi connectivity index (χ1) is 12.2. The van der Waals surface area contributed by atoms with Gasteiger partial charge in [0, 0.05) is 12.6 Å². The number of carbonyl (C=O) groups is 1. The van der Waals surface area contributed by atoms with Gasteiger partial charge in [0.25, 0.3) is 0 Å². The average molecular weight is 335 g/mol. The van der Waals surface area contributed by atoms with Gasteiger partial charge in [-0.2, -0.15) is 0 Å². The van der Waals surface area contributed by atoms with Crippen molar-refractivity contribution in [2.45, 2.75) is 26.8 Å².